The zero-order valence-corrected chi connectivity index (χ0v) is 12.6. The molecule has 3 rings (SSSR count). The molecule has 0 atom stereocenters. The van der Waals surface area contributed by atoms with Crippen LogP contribution in [0.3, 0.4) is 0 Å². The smallest absolute Gasteiger partial charge is 0.224 e. The molecule has 0 spiro atoms. The first-order valence-corrected chi connectivity index (χ1v) is 7.74. The van der Waals surface area contributed by atoms with Crippen LogP contribution in [0.4, 0.5) is 0 Å². The molecule has 0 radical (unpaired) electrons. The monoisotopic (exact) mass is 296 g/mol. The lowest BCUT2D eigenvalue weighted by molar-refractivity contribution is -0.120. The first kappa shape index (κ1) is 13.8. The zero-order chi connectivity index (χ0) is 14.7. The molecule has 2 aromatic heterocycles. The highest BCUT2D eigenvalue weighted by Gasteiger charge is 2.08. The molecule has 0 saturated heterocycles. The fourth-order valence-electron chi connectivity index (χ4n) is 2.31. The quantitative estimate of drug-likeness (QED) is 0.801. The number of amides is 1. The summed E-state index contributed by atoms with van der Waals surface area (Å²) in [5.41, 5.74) is 3.10. The number of aromatic nitrogens is 1. The van der Waals surface area contributed by atoms with Crippen molar-refractivity contribution in [1.82, 2.24) is 10.3 Å². The van der Waals surface area contributed by atoms with Gasteiger partial charge in [0.15, 0.2) is 0 Å². The van der Waals surface area contributed by atoms with Crippen molar-refractivity contribution in [3.05, 3.63) is 64.0 Å². The van der Waals surface area contributed by atoms with Gasteiger partial charge in [0.25, 0.3) is 0 Å². The molecule has 4 heteroatoms. The summed E-state index contributed by atoms with van der Waals surface area (Å²) in [6.07, 6.45) is 2.12. The predicted octanol–water partition coefficient (Wildman–Crippen LogP) is 3.46. The number of nitrogens with zero attached hydrogens (tertiary/aromatic N) is 1. The molecule has 3 nitrogen and oxygen atoms in total. The second kappa shape index (κ2) is 6.06. The van der Waals surface area contributed by atoms with Gasteiger partial charge in [0.05, 0.1) is 18.5 Å². The zero-order valence-electron chi connectivity index (χ0n) is 11.8. The predicted molar refractivity (Wildman–Crippen MR) is 86.3 cm³/mol. The van der Waals surface area contributed by atoms with Gasteiger partial charge in [-0.05, 0) is 35.6 Å². The molecule has 21 heavy (non-hydrogen) atoms. The Labute approximate surface area is 127 Å². The Balaban J connectivity index is 1.70. The number of carbonyl (C=O) groups is 1. The molecule has 2 heterocycles. The van der Waals surface area contributed by atoms with Gasteiger partial charge in [-0.15, -0.1) is 11.3 Å². The fourth-order valence-corrected chi connectivity index (χ4v) is 3.16. The van der Waals surface area contributed by atoms with Crippen LogP contribution in [0.1, 0.15) is 16.0 Å². The number of pyridine rings is 1. The second-order valence-corrected chi connectivity index (χ2v) is 5.97. The van der Waals surface area contributed by atoms with Crippen molar-refractivity contribution < 1.29 is 4.79 Å². The van der Waals surface area contributed by atoms with Gasteiger partial charge >= 0.3 is 0 Å². The van der Waals surface area contributed by atoms with Gasteiger partial charge in [-0.3, -0.25) is 9.78 Å². The van der Waals surface area contributed by atoms with Crippen LogP contribution in [-0.2, 0) is 17.8 Å². The third kappa shape index (κ3) is 3.11. The van der Waals surface area contributed by atoms with Crippen LogP contribution in [0.5, 0.6) is 0 Å². The van der Waals surface area contributed by atoms with Gasteiger partial charge in [-0.25, -0.2) is 0 Å². The minimum atomic E-state index is 0.0287. The minimum absolute atomic E-state index is 0.0287. The molecular formula is C17H16N2OS. The van der Waals surface area contributed by atoms with Gasteiger partial charge < -0.3 is 5.32 Å². The van der Waals surface area contributed by atoms with Crippen LogP contribution in [0, 0.1) is 6.92 Å². The highest BCUT2D eigenvalue weighted by Crippen LogP contribution is 2.17. The fraction of sp³-hybridized carbons (Fsp3) is 0.176. The molecule has 1 amide bonds. The van der Waals surface area contributed by atoms with E-state index in [0.717, 1.165) is 16.5 Å². The lowest BCUT2D eigenvalue weighted by atomic mass is 10.1. The lowest BCUT2D eigenvalue weighted by Crippen LogP contribution is -2.24. The average Bonchev–Trinajstić information content (AvgIpc) is 2.91. The van der Waals surface area contributed by atoms with Gasteiger partial charge in [-0.1, -0.05) is 24.3 Å². The number of rotatable bonds is 4. The summed E-state index contributed by atoms with van der Waals surface area (Å²) >= 11 is 1.67. The normalized spacial score (nSPS) is 10.7. The number of hydrogen-bond donors (Lipinski definition) is 1. The first-order valence-electron chi connectivity index (χ1n) is 6.86. The Morgan fingerprint density at radius 2 is 2.10 bits per heavy atom. The maximum absolute atomic E-state index is 12.1. The Morgan fingerprint density at radius 1 is 1.24 bits per heavy atom. The van der Waals surface area contributed by atoms with E-state index in [4.69, 9.17) is 0 Å². The molecule has 106 valence electrons. The summed E-state index contributed by atoms with van der Waals surface area (Å²) in [5, 5.41) is 6.10. The molecule has 0 fully saturated rings. The molecule has 0 unspecified atom stereocenters. The highest BCUT2D eigenvalue weighted by molar-refractivity contribution is 7.10. The summed E-state index contributed by atoms with van der Waals surface area (Å²) in [4.78, 5) is 17.7. The van der Waals surface area contributed by atoms with Gasteiger partial charge in [0.1, 0.15) is 0 Å². The van der Waals surface area contributed by atoms with Crippen molar-refractivity contribution in [2.75, 3.05) is 0 Å². The van der Waals surface area contributed by atoms with E-state index in [1.165, 1.54) is 10.4 Å². The second-order valence-electron chi connectivity index (χ2n) is 4.97. The van der Waals surface area contributed by atoms with Crippen LogP contribution in [0.15, 0.2) is 48.0 Å². The van der Waals surface area contributed by atoms with Gasteiger partial charge in [-0.2, -0.15) is 0 Å². The molecule has 1 N–H and O–H groups in total. The number of nitrogens with one attached hydrogen (secondary N) is 1. The number of para-hydroxylation sites is 1. The van der Waals surface area contributed by atoms with Gasteiger partial charge in [0, 0.05) is 16.5 Å². The summed E-state index contributed by atoms with van der Waals surface area (Å²) in [6.45, 7) is 2.66. The lowest BCUT2D eigenvalue weighted by Gasteiger charge is -2.07. The van der Waals surface area contributed by atoms with Crippen molar-refractivity contribution in [2.24, 2.45) is 0 Å². The SMILES string of the molecule is Cc1ccsc1CNC(=O)Cc1cccc2cccnc12. The summed E-state index contributed by atoms with van der Waals surface area (Å²) in [5.74, 6) is 0.0287. The first-order chi connectivity index (χ1) is 10.2. The maximum atomic E-state index is 12.1. The Bertz CT molecular complexity index is 774. The van der Waals surface area contributed by atoms with Crippen LogP contribution in [0.25, 0.3) is 10.9 Å². The Hall–Kier alpha value is -2.20. The van der Waals surface area contributed by atoms with E-state index in [2.05, 4.69) is 23.3 Å². The Kier molecular flexibility index (Phi) is 3.97. The maximum Gasteiger partial charge on any atom is 0.224 e. The van der Waals surface area contributed by atoms with E-state index in [-0.39, 0.29) is 5.91 Å². The van der Waals surface area contributed by atoms with Crippen molar-refractivity contribution in [2.45, 2.75) is 19.9 Å². The molecule has 0 aliphatic heterocycles. The van der Waals surface area contributed by atoms with E-state index in [0.29, 0.717) is 13.0 Å². The van der Waals surface area contributed by atoms with E-state index < -0.39 is 0 Å². The Morgan fingerprint density at radius 3 is 2.90 bits per heavy atom. The number of thiophene rings is 1. The standard InChI is InChI=1S/C17H16N2OS/c1-12-7-9-21-15(12)11-19-16(20)10-14-5-2-4-13-6-3-8-18-17(13)14/h2-9H,10-11H2,1H3,(H,19,20). The molecule has 1 aromatic carbocycles. The van der Waals surface area contributed by atoms with Gasteiger partial charge in [0.2, 0.25) is 5.91 Å². The van der Waals surface area contributed by atoms with E-state index >= 15 is 0 Å². The van der Waals surface area contributed by atoms with Crippen molar-refractivity contribution in [3.8, 4) is 0 Å². The van der Waals surface area contributed by atoms with Crippen molar-refractivity contribution in [3.63, 3.8) is 0 Å². The largest absolute Gasteiger partial charge is 0.351 e. The van der Waals surface area contributed by atoms with Crippen LogP contribution in [-0.4, -0.2) is 10.9 Å². The average molecular weight is 296 g/mol. The van der Waals surface area contributed by atoms with Crippen LogP contribution >= 0.6 is 11.3 Å². The number of benzene rings is 1. The molecule has 0 aliphatic rings. The third-order valence-electron chi connectivity index (χ3n) is 3.48. The number of fused-ring (bicyclic) bond motifs is 1. The summed E-state index contributed by atoms with van der Waals surface area (Å²) < 4.78 is 0. The number of carbonyl (C=O) groups excluding carboxylic acids is 1. The minimum Gasteiger partial charge on any atom is -0.351 e. The molecule has 0 bridgehead atoms. The van der Waals surface area contributed by atoms with E-state index in [9.17, 15) is 4.79 Å². The van der Waals surface area contributed by atoms with Crippen LogP contribution in [0.2, 0.25) is 0 Å². The van der Waals surface area contributed by atoms with E-state index in [1.807, 2.05) is 35.7 Å². The molecule has 3 aromatic rings. The topological polar surface area (TPSA) is 42.0 Å². The highest BCUT2D eigenvalue weighted by atomic mass is 32.1. The number of hydrogen-bond acceptors (Lipinski definition) is 3. The van der Waals surface area contributed by atoms with Crippen molar-refractivity contribution in [1.29, 1.82) is 0 Å². The van der Waals surface area contributed by atoms with Crippen LogP contribution < -0.4 is 5.32 Å². The molecular weight excluding hydrogens is 280 g/mol. The summed E-state index contributed by atoms with van der Waals surface area (Å²) in [7, 11) is 0. The molecule has 0 saturated carbocycles. The van der Waals surface area contributed by atoms with Crippen molar-refractivity contribution >= 4 is 28.1 Å². The number of aryl methyl sites for hydroxylation is 1. The molecule has 0 aliphatic carbocycles. The van der Waals surface area contributed by atoms with E-state index in [1.54, 1.807) is 17.5 Å². The third-order valence-corrected chi connectivity index (χ3v) is 4.50. The summed E-state index contributed by atoms with van der Waals surface area (Å²) in [6, 6.07) is 11.9.